The van der Waals surface area contributed by atoms with Gasteiger partial charge in [0.25, 0.3) is 0 Å². The number of aliphatic hydroxyl groups excluding tert-OH is 3. The van der Waals surface area contributed by atoms with E-state index in [0.29, 0.717) is 19.3 Å². The lowest BCUT2D eigenvalue weighted by Crippen LogP contribution is -2.55. The van der Waals surface area contributed by atoms with Gasteiger partial charge in [-0.2, -0.15) is 0 Å². The summed E-state index contributed by atoms with van der Waals surface area (Å²) in [6, 6.07) is -0.196. The number of cyclic esters (lactones) is 1. The first-order valence-corrected chi connectivity index (χ1v) is 17.7. The summed E-state index contributed by atoms with van der Waals surface area (Å²) in [6.45, 7) is 14.9. The number of esters is 1. The van der Waals surface area contributed by atoms with E-state index in [2.05, 4.69) is 0 Å². The highest BCUT2D eigenvalue weighted by molar-refractivity contribution is 5.92. The number of carbonyl (C=O) groups excluding carboxylic acids is 2. The summed E-state index contributed by atoms with van der Waals surface area (Å²) in [6.07, 6.45) is -4.58. The molecule has 4 heterocycles. The first-order chi connectivity index (χ1) is 22.0. The minimum atomic E-state index is -1.06. The second-order valence-electron chi connectivity index (χ2n) is 15.2. The van der Waals surface area contributed by atoms with Crippen LogP contribution in [0.3, 0.4) is 0 Å². The Morgan fingerprint density at radius 2 is 1.49 bits per heavy atom. The highest BCUT2D eigenvalue weighted by Gasteiger charge is 2.56. The largest absolute Gasteiger partial charge is 0.462 e. The van der Waals surface area contributed by atoms with Crippen LogP contribution in [0.2, 0.25) is 0 Å². The highest BCUT2D eigenvalue weighted by Crippen LogP contribution is 2.42. The van der Waals surface area contributed by atoms with E-state index in [1.54, 1.807) is 27.7 Å². The third-order valence-corrected chi connectivity index (χ3v) is 11.4. The van der Waals surface area contributed by atoms with E-state index >= 15 is 0 Å². The molecule has 0 aliphatic carbocycles. The van der Waals surface area contributed by atoms with Gasteiger partial charge in [-0.05, 0) is 66.5 Å². The summed E-state index contributed by atoms with van der Waals surface area (Å²) in [5, 5.41) is 33.3. The average molecular weight is 672 g/mol. The molecule has 47 heavy (non-hydrogen) atoms. The van der Waals surface area contributed by atoms with Crippen LogP contribution in [0.25, 0.3) is 0 Å². The van der Waals surface area contributed by atoms with Gasteiger partial charge in [-0.15, -0.1) is 0 Å². The van der Waals surface area contributed by atoms with E-state index in [4.69, 9.17) is 28.4 Å². The molecule has 12 heteroatoms. The topological polar surface area (TPSA) is 157 Å². The number of Topliss-reactive ketones (excluding diaryl/α,β-unsaturated/α-hetero) is 1. The Hall–Kier alpha value is -1.22. The zero-order chi connectivity index (χ0) is 35.0. The third-order valence-electron chi connectivity index (χ3n) is 11.4. The molecule has 17 atom stereocenters. The van der Waals surface area contributed by atoms with Crippen molar-refractivity contribution in [1.82, 2.24) is 4.90 Å². The Kier molecular flexibility index (Phi) is 12.9. The number of ketones is 1. The number of nitrogens with zero attached hydrogens (tertiary/aromatic N) is 1. The molecule has 0 bridgehead atoms. The Bertz CT molecular complexity index is 1050. The lowest BCUT2D eigenvalue weighted by atomic mass is 9.78. The zero-order valence-electron chi connectivity index (χ0n) is 30.0. The van der Waals surface area contributed by atoms with Crippen molar-refractivity contribution in [3.63, 3.8) is 0 Å². The lowest BCUT2D eigenvalue weighted by molar-refractivity contribution is -0.285. The zero-order valence-corrected chi connectivity index (χ0v) is 30.0. The van der Waals surface area contributed by atoms with Crippen molar-refractivity contribution in [3.8, 4) is 0 Å². The molecule has 4 rings (SSSR count). The maximum atomic E-state index is 13.8. The molecule has 4 aliphatic rings. The van der Waals surface area contributed by atoms with Crippen LogP contribution in [0.15, 0.2) is 0 Å². The Balaban J connectivity index is 1.70. The van der Waals surface area contributed by atoms with E-state index in [-0.39, 0.29) is 42.8 Å². The van der Waals surface area contributed by atoms with E-state index in [0.717, 1.165) is 6.42 Å². The first-order valence-electron chi connectivity index (χ1n) is 17.7. The molecule has 3 N–H and O–H groups in total. The quantitative estimate of drug-likeness (QED) is 0.281. The number of rotatable bonds is 6. The molecule has 0 saturated carbocycles. The van der Waals surface area contributed by atoms with E-state index < -0.39 is 84.6 Å². The molecule has 0 aromatic rings. The summed E-state index contributed by atoms with van der Waals surface area (Å²) in [5.74, 6) is -3.04. The molecule has 4 aliphatic heterocycles. The molecule has 272 valence electrons. The van der Waals surface area contributed by atoms with Crippen LogP contribution in [0, 0.1) is 29.6 Å². The predicted molar refractivity (Wildman–Crippen MR) is 172 cm³/mol. The van der Waals surface area contributed by atoms with Gasteiger partial charge < -0.3 is 48.6 Å². The van der Waals surface area contributed by atoms with Gasteiger partial charge in [0.05, 0.1) is 49.1 Å². The van der Waals surface area contributed by atoms with Crippen molar-refractivity contribution in [1.29, 1.82) is 0 Å². The molecular formula is C35H61NO11. The molecule has 1 spiro atoms. The molecule has 4 saturated heterocycles. The van der Waals surface area contributed by atoms with Gasteiger partial charge in [-0.25, -0.2) is 0 Å². The summed E-state index contributed by atoms with van der Waals surface area (Å²) >= 11 is 0. The van der Waals surface area contributed by atoms with Crippen LogP contribution in [0.4, 0.5) is 0 Å². The predicted octanol–water partition coefficient (Wildman–Crippen LogP) is 2.67. The second kappa shape index (κ2) is 15.8. The molecule has 0 aromatic carbocycles. The molecule has 12 nitrogen and oxygen atoms in total. The Morgan fingerprint density at radius 3 is 2.09 bits per heavy atom. The Morgan fingerprint density at radius 1 is 0.830 bits per heavy atom. The summed E-state index contributed by atoms with van der Waals surface area (Å²) in [5.41, 5.74) is -1.06. The van der Waals surface area contributed by atoms with Crippen molar-refractivity contribution in [2.75, 3.05) is 20.7 Å². The van der Waals surface area contributed by atoms with Crippen molar-refractivity contribution < 1.29 is 53.3 Å². The average Bonchev–Trinajstić information content (AvgIpc) is 3.80. The van der Waals surface area contributed by atoms with Crippen molar-refractivity contribution >= 4 is 11.8 Å². The third kappa shape index (κ3) is 8.75. The number of carbonyl (C=O) groups is 2. The number of hydrogen-bond donors (Lipinski definition) is 3. The van der Waals surface area contributed by atoms with Crippen LogP contribution in [-0.2, 0) is 38.0 Å². The van der Waals surface area contributed by atoms with Crippen LogP contribution in [0.1, 0.15) is 87.5 Å². The van der Waals surface area contributed by atoms with Crippen LogP contribution >= 0.6 is 0 Å². The summed E-state index contributed by atoms with van der Waals surface area (Å²) in [4.78, 5) is 29.5. The highest BCUT2D eigenvalue weighted by atomic mass is 16.7. The second-order valence-corrected chi connectivity index (χ2v) is 15.2. The van der Waals surface area contributed by atoms with Crippen LogP contribution in [-0.4, -0.2) is 126 Å². The maximum absolute atomic E-state index is 13.8. The number of likely N-dealkylation sites (N-methyl/N-ethyl adjacent to an activating group) is 1. The monoisotopic (exact) mass is 671 g/mol. The molecule has 0 amide bonds. The van der Waals surface area contributed by atoms with Gasteiger partial charge in [-0.3, -0.25) is 9.59 Å². The fourth-order valence-electron chi connectivity index (χ4n) is 7.64. The van der Waals surface area contributed by atoms with E-state index in [1.807, 2.05) is 46.7 Å². The maximum Gasteiger partial charge on any atom is 0.311 e. The van der Waals surface area contributed by atoms with Crippen molar-refractivity contribution in [2.45, 2.75) is 161 Å². The van der Waals surface area contributed by atoms with Gasteiger partial charge in [0, 0.05) is 30.7 Å². The van der Waals surface area contributed by atoms with Gasteiger partial charge in [0.1, 0.15) is 12.2 Å². The first kappa shape index (κ1) is 38.6. The van der Waals surface area contributed by atoms with Gasteiger partial charge in [0.15, 0.2) is 24.0 Å². The normalized spacial score (nSPS) is 49.1. The van der Waals surface area contributed by atoms with Crippen LogP contribution < -0.4 is 0 Å². The number of epoxide rings is 1. The van der Waals surface area contributed by atoms with Gasteiger partial charge in [0.2, 0.25) is 0 Å². The minimum Gasteiger partial charge on any atom is -0.462 e. The van der Waals surface area contributed by atoms with Gasteiger partial charge in [-0.1, -0.05) is 34.1 Å². The lowest BCUT2D eigenvalue weighted by Gasteiger charge is -2.44. The summed E-state index contributed by atoms with van der Waals surface area (Å²) in [7, 11) is 3.82. The van der Waals surface area contributed by atoms with E-state index in [9.17, 15) is 24.9 Å². The van der Waals surface area contributed by atoms with Gasteiger partial charge >= 0.3 is 5.97 Å². The number of ether oxygens (including phenoxy) is 6. The van der Waals surface area contributed by atoms with Crippen LogP contribution in [0.5, 0.6) is 0 Å². The number of aliphatic hydroxyl groups is 3. The minimum absolute atomic E-state index is 0.0343. The van der Waals surface area contributed by atoms with E-state index in [1.165, 1.54) is 0 Å². The molecule has 4 fully saturated rings. The molecule has 0 radical (unpaired) electrons. The smallest absolute Gasteiger partial charge is 0.311 e. The number of hydrogen-bond acceptors (Lipinski definition) is 12. The SMILES string of the molecule is CC[C@@H]1C[C@@H](OC2C[C@H](O[C@H]3O[C@@H](C)C[C@@H](N(C)C)[C@@H]3O)[C@H](C)C[C@]3(CO3)C(=O)[C@@H](C)[C@H](O)[C@H](C)[C@H](C)OC(=O)[C@H]2C)O[C@H](C)[C@H]1O. The fourth-order valence-corrected chi connectivity index (χ4v) is 7.64. The molecule has 0 aromatic heterocycles. The molecular weight excluding hydrogens is 610 g/mol. The molecule has 1 unspecified atom stereocenters. The fraction of sp³-hybridized carbons (Fsp3) is 0.943. The standard InChI is InChI=1S/C35H61NO11/c1-11-24-13-28(44-23(8)30(24)38)46-27-14-26(47-34-31(39)25(36(9)10)12-18(3)43-34)17(2)15-35(16-42-35)32(40)21(6)29(37)19(4)22(7)45-33(41)20(27)5/h17-31,34,37-39H,11-16H2,1-10H3/t17-,18+,19-,20+,21+,22+,23-,24-,25-,26+,27?,28-,29-,30-,31+,34-,35+/m1/s1. The Labute approximate surface area is 280 Å². The van der Waals surface area contributed by atoms with Crippen molar-refractivity contribution in [2.24, 2.45) is 29.6 Å². The summed E-state index contributed by atoms with van der Waals surface area (Å²) < 4.78 is 37.3. The van der Waals surface area contributed by atoms with Crippen molar-refractivity contribution in [3.05, 3.63) is 0 Å².